The molecule has 0 atom stereocenters. The van der Waals surface area contributed by atoms with E-state index in [0.717, 1.165) is 16.8 Å². The molecule has 0 fully saturated rings. The predicted octanol–water partition coefficient (Wildman–Crippen LogP) is 5.03. The molecule has 2 heterocycles. The third kappa shape index (κ3) is 2.36. The number of hydrogen-bond donors (Lipinski definition) is 0. The molecular formula is C13H6ClF3N2S. The first-order chi connectivity index (χ1) is 9.45. The standard InChI is InChI=1S/C13H6ClF3N2S/c14-11-10-9(5-6-18-11)20-12(19-10)7-1-3-8(4-2-7)13(15,16)17/h1-6H. The molecule has 0 unspecified atom stereocenters. The van der Waals surface area contributed by atoms with E-state index in [1.165, 1.54) is 23.5 Å². The lowest BCUT2D eigenvalue weighted by Gasteiger charge is -2.06. The van der Waals surface area contributed by atoms with Gasteiger partial charge in [0.15, 0.2) is 5.15 Å². The van der Waals surface area contributed by atoms with E-state index in [-0.39, 0.29) is 5.15 Å². The molecule has 0 radical (unpaired) electrons. The Labute approximate surface area is 120 Å². The summed E-state index contributed by atoms with van der Waals surface area (Å²) in [4.78, 5) is 8.24. The van der Waals surface area contributed by atoms with Crippen LogP contribution in [0, 0.1) is 0 Å². The number of thiazole rings is 1. The van der Waals surface area contributed by atoms with E-state index in [0.29, 0.717) is 16.1 Å². The van der Waals surface area contributed by atoms with Gasteiger partial charge in [-0.25, -0.2) is 9.97 Å². The molecule has 3 rings (SSSR count). The van der Waals surface area contributed by atoms with Gasteiger partial charge in [0, 0.05) is 11.8 Å². The van der Waals surface area contributed by atoms with E-state index < -0.39 is 11.7 Å². The fourth-order valence-electron chi connectivity index (χ4n) is 1.75. The minimum atomic E-state index is -4.33. The quantitative estimate of drug-likeness (QED) is 0.589. The second kappa shape index (κ2) is 4.71. The Morgan fingerprint density at radius 3 is 2.35 bits per heavy atom. The van der Waals surface area contributed by atoms with Gasteiger partial charge in [-0.3, -0.25) is 0 Å². The summed E-state index contributed by atoms with van der Waals surface area (Å²) in [6.45, 7) is 0. The van der Waals surface area contributed by atoms with Crippen LogP contribution in [0.1, 0.15) is 5.56 Å². The van der Waals surface area contributed by atoms with Gasteiger partial charge >= 0.3 is 6.18 Å². The third-order valence-electron chi connectivity index (χ3n) is 2.72. The van der Waals surface area contributed by atoms with Gasteiger partial charge in [-0.1, -0.05) is 23.7 Å². The monoisotopic (exact) mass is 314 g/mol. The Hall–Kier alpha value is -1.66. The molecule has 0 aliphatic rings. The van der Waals surface area contributed by atoms with Crippen LogP contribution in [-0.4, -0.2) is 9.97 Å². The molecule has 2 aromatic heterocycles. The molecule has 20 heavy (non-hydrogen) atoms. The molecule has 0 aliphatic carbocycles. The maximum atomic E-state index is 12.5. The van der Waals surface area contributed by atoms with Gasteiger partial charge in [-0.05, 0) is 18.2 Å². The fourth-order valence-corrected chi connectivity index (χ4v) is 2.97. The molecule has 0 bridgehead atoms. The Kier molecular flexibility index (Phi) is 3.14. The van der Waals surface area contributed by atoms with Crippen LogP contribution in [-0.2, 0) is 6.18 Å². The maximum absolute atomic E-state index is 12.5. The Morgan fingerprint density at radius 1 is 1.05 bits per heavy atom. The Morgan fingerprint density at radius 2 is 1.75 bits per heavy atom. The van der Waals surface area contributed by atoms with Crippen molar-refractivity contribution >= 4 is 33.2 Å². The smallest absolute Gasteiger partial charge is 0.242 e. The summed E-state index contributed by atoms with van der Waals surface area (Å²) in [6, 6.07) is 6.67. The second-order valence-corrected chi connectivity index (χ2v) is 5.43. The van der Waals surface area contributed by atoms with Crippen LogP contribution in [0.2, 0.25) is 5.15 Å². The molecule has 0 spiro atoms. The van der Waals surface area contributed by atoms with Crippen LogP contribution in [0.3, 0.4) is 0 Å². The van der Waals surface area contributed by atoms with Crippen molar-refractivity contribution in [2.45, 2.75) is 6.18 Å². The van der Waals surface area contributed by atoms with Gasteiger partial charge < -0.3 is 0 Å². The van der Waals surface area contributed by atoms with E-state index in [2.05, 4.69) is 9.97 Å². The van der Waals surface area contributed by atoms with Crippen LogP contribution in [0.5, 0.6) is 0 Å². The highest BCUT2D eigenvalue weighted by Crippen LogP contribution is 2.34. The number of rotatable bonds is 1. The first-order valence-electron chi connectivity index (χ1n) is 5.54. The molecule has 0 saturated carbocycles. The number of benzene rings is 1. The van der Waals surface area contributed by atoms with Crippen molar-refractivity contribution in [3.05, 3.63) is 47.2 Å². The summed E-state index contributed by atoms with van der Waals surface area (Å²) in [7, 11) is 0. The summed E-state index contributed by atoms with van der Waals surface area (Å²) in [5, 5.41) is 0.903. The zero-order chi connectivity index (χ0) is 14.3. The Bertz CT molecular complexity index is 765. The van der Waals surface area contributed by atoms with Crippen molar-refractivity contribution in [1.82, 2.24) is 9.97 Å². The highest BCUT2D eigenvalue weighted by Gasteiger charge is 2.30. The molecule has 0 aliphatic heterocycles. The van der Waals surface area contributed by atoms with E-state index in [1.54, 1.807) is 12.3 Å². The first kappa shape index (κ1) is 13.3. The summed E-state index contributed by atoms with van der Waals surface area (Å²) >= 11 is 7.29. The normalized spacial score (nSPS) is 12.0. The summed E-state index contributed by atoms with van der Waals surface area (Å²) in [6.07, 6.45) is -2.77. The number of alkyl halides is 3. The highest BCUT2D eigenvalue weighted by atomic mass is 35.5. The van der Waals surface area contributed by atoms with Crippen molar-refractivity contribution in [2.75, 3.05) is 0 Å². The van der Waals surface area contributed by atoms with Gasteiger partial charge in [0.05, 0.1) is 10.3 Å². The lowest BCUT2D eigenvalue weighted by molar-refractivity contribution is -0.137. The summed E-state index contributed by atoms with van der Waals surface area (Å²) in [5.74, 6) is 0. The molecule has 0 amide bonds. The largest absolute Gasteiger partial charge is 0.416 e. The van der Waals surface area contributed by atoms with Gasteiger partial charge in [0.2, 0.25) is 0 Å². The maximum Gasteiger partial charge on any atom is 0.416 e. The second-order valence-electron chi connectivity index (χ2n) is 4.04. The number of halogens is 4. The molecule has 0 saturated heterocycles. The van der Waals surface area contributed by atoms with E-state index in [1.807, 2.05) is 0 Å². The van der Waals surface area contributed by atoms with Crippen LogP contribution >= 0.6 is 22.9 Å². The molecule has 102 valence electrons. The van der Waals surface area contributed by atoms with Gasteiger partial charge in [-0.15, -0.1) is 11.3 Å². The van der Waals surface area contributed by atoms with Crippen molar-refractivity contribution in [1.29, 1.82) is 0 Å². The van der Waals surface area contributed by atoms with Crippen molar-refractivity contribution in [3.63, 3.8) is 0 Å². The third-order valence-corrected chi connectivity index (χ3v) is 4.07. The molecule has 3 aromatic rings. The molecule has 1 aromatic carbocycles. The number of nitrogens with zero attached hydrogens (tertiary/aromatic N) is 2. The number of aromatic nitrogens is 2. The number of hydrogen-bond acceptors (Lipinski definition) is 3. The number of pyridine rings is 1. The van der Waals surface area contributed by atoms with E-state index >= 15 is 0 Å². The Balaban J connectivity index is 2.05. The van der Waals surface area contributed by atoms with Crippen LogP contribution < -0.4 is 0 Å². The van der Waals surface area contributed by atoms with Crippen molar-refractivity contribution in [2.24, 2.45) is 0 Å². The molecule has 7 heteroatoms. The average molecular weight is 315 g/mol. The van der Waals surface area contributed by atoms with E-state index in [9.17, 15) is 13.2 Å². The minimum absolute atomic E-state index is 0.289. The van der Waals surface area contributed by atoms with Gasteiger partial charge in [0.25, 0.3) is 0 Å². The van der Waals surface area contributed by atoms with Gasteiger partial charge in [0.1, 0.15) is 10.5 Å². The SMILES string of the molecule is FC(F)(F)c1ccc(-c2nc3c(Cl)nccc3s2)cc1. The zero-order valence-corrected chi connectivity index (χ0v) is 11.4. The number of fused-ring (bicyclic) bond motifs is 1. The predicted molar refractivity (Wildman–Crippen MR) is 72.9 cm³/mol. The minimum Gasteiger partial charge on any atom is -0.242 e. The topological polar surface area (TPSA) is 25.8 Å². The van der Waals surface area contributed by atoms with Crippen molar-refractivity contribution < 1.29 is 13.2 Å². The first-order valence-corrected chi connectivity index (χ1v) is 6.73. The zero-order valence-electron chi connectivity index (χ0n) is 9.78. The average Bonchev–Trinajstić information content (AvgIpc) is 2.83. The van der Waals surface area contributed by atoms with E-state index in [4.69, 9.17) is 11.6 Å². The lowest BCUT2D eigenvalue weighted by atomic mass is 10.1. The van der Waals surface area contributed by atoms with Gasteiger partial charge in [-0.2, -0.15) is 13.2 Å². The summed E-state index contributed by atoms with van der Waals surface area (Å²) in [5.41, 5.74) is 0.506. The molecular weight excluding hydrogens is 309 g/mol. The lowest BCUT2D eigenvalue weighted by Crippen LogP contribution is -2.03. The van der Waals surface area contributed by atoms with Crippen LogP contribution in [0.15, 0.2) is 36.5 Å². The van der Waals surface area contributed by atoms with Crippen LogP contribution in [0.25, 0.3) is 20.8 Å². The summed E-state index contributed by atoms with van der Waals surface area (Å²) < 4.78 is 38.4. The molecule has 0 N–H and O–H groups in total. The van der Waals surface area contributed by atoms with Crippen molar-refractivity contribution in [3.8, 4) is 10.6 Å². The highest BCUT2D eigenvalue weighted by molar-refractivity contribution is 7.21. The van der Waals surface area contributed by atoms with Crippen LogP contribution in [0.4, 0.5) is 13.2 Å². The fraction of sp³-hybridized carbons (Fsp3) is 0.0769. The molecule has 2 nitrogen and oxygen atoms in total.